The van der Waals surface area contributed by atoms with Gasteiger partial charge in [-0.1, -0.05) is 6.07 Å². The molecule has 0 spiro atoms. The van der Waals surface area contributed by atoms with Crippen molar-refractivity contribution in [2.45, 2.75) is 12.6 Å². The van der Waals surface area contributed by atoms with E-state index in [0.29, 0.717) is 15.6 Å². The number of aromatic nitrogens is 1. The minimum Gasteiger partial charge on any atom is -0.347 e. The number of thiophene rings is 1. The molecule has 0 radical (unpaired) electrons. The number of rotatable bonds is 6. The second-order valence-corrected chi connectivity index (χ2v) is 7.26. The van der Waals surface area contributed by atoms with Crippen LogP contribution in [0.1, 0.15) is 5.69 Å². The molecule has 0 aliphatic heterocycles. The summed E-state index contributed by atoms with van der Waals surface area (Å²) in [4.78, 5) is 30.9. The molecule has 5 nitrogen and oxygen atoms in total. The van der Waals surface area contributed by atoms with Crippen molar-refractivity contribution in [2.75, 3.05) is 27.2 Å². The zero-order chi connectivity index (χ0) is 18.6. The highest BCUT2D eigenvalue weighted by Gasteiger charge is 2.34. The van der Waals surface area contributed by atoms with Crippen LogP contribution < -0.4 is 0 Å². The highest BCUT2D eigenvalue weighted by molar-refractivity contribution is 7.20. The molecule has 2 aromatic heterocycles. The Kier molecular flexibility index (Phi) is 6.17. The van der Waals surface area contributed by atoms with E-state index >= 15 is 0 Å². The second kappa shape index (κ2) is 7.96. The number of hydrogen-bond donors (Lipinski definition) is 0. The number of nitrogens with zero attached hydrogens (tertiary/aromatic N) is 3. The summed E-state index contributed by atoms with van der Waals surface area (Å²) in [5, 5.41) is 4.25. The SMILES string of the molecule is CN(C)C(=O)CN(CC(F)(F)F)C(=O)Cc1csc(-c2cccs2)n1. The average Bonchev–Trinajstić information content (AvgIpc) is 3.15. The van der Waals surface area contributed by atoms with Crippen LogP contribution in [0.2, 0.25) is 0 Å². The molecule has 2 rings (SSSR count). The molecule has 2 amide bonds. The maximum absolute atomic E-state index is 12.7. The van der Waals surface area contributed by atoms with Crippen LogP contribution in [-0.2, 0) is 16.0 Å². The van der Waals surface area contributed by atoms with Crippen LogP contribution in [0.15, 0.2) is 22.9 Å². The van der Waals surface area contributed by atoms with Gasteiger partial charge >= 0.3 is 6.18 Å². The number of hydrogen-bond acceptors (Lipinski definition) is 5. The van der Waals surface area contributed by atoms with Gasteiger partial charge < -0.3 is 9.80 Å². The summed E-state index contributed by atoms with van der Waals surface area (Å²) in [7, 11) is 2.85. The van der Waals surface area contributed by atoms with Crippen molar-refractivity contribution in [1.82, 2.24) is 14.8 Å². The Balaban J connectivity index is 2.09. The lowest BCUT2D eigenvalue weighted by Crippen LogP contribution is -2.45. The lowest BCUT2D eigenvalue weighted by Gasteiger charge is -2.24. The molecule has 0 saturated carbocycles. The molecule has 0 unspecified atom stereocenters. The van der Waals surface area contributed by atoms with Crippen molar-refractivity contribution < 1.29 is 22.8 Å². The molecule has 2 heterocycles. The van der Waals surface area contributed by atoms with E-state index in [1.54, 1.807) is 5.38 Å². The first-order chi connectivity index (χ1) is 11.7. The first-order valence-corrected chi connectivity index (χ1v) is 8.94. The van der Waals surface area contributed by atoms with Crippen molar-refractivity contribution in [1.29, 1.82) is 0 Å². The van der Waals surface area contributed by atoms with Crippen LogP contribution >= 0.6 is 22.7 Å². The third-order valence-corrected chi connectivity index (χ3v) is 5.09. The summed E-state index contributed by atoms with van der Waals surface area (Å²) in [6.45, 7) is -2.08. The van der Waals surface area contributed by atoms with E-state index in [2.05, 4.69) is 4.98 Å². The quantitative estimate of drug-likeness (QED) is 0.761. The van der Waals surface area contributed by atoms with Crippen molar-refractivity contribution in [3.8, 4) is 9.88 Å². The monoisotopic (exact) mass is 391 g/mol. The van der Waals surface area contributed by atoms with Gasteiger partial charge in [0, 0.05) is 19.5 Å². The Hall–Kier alpha value is -1.94. The maximum Gasteiger partial charge on any atom is 0.406 e. The molecule has 0 aliphatic rings. The van der Waals surface area contributed by atoms with Crippen molar-refractivity contribution in [2.24, 2.45) is 0 Å². The fourth-order valence-electron chi connectivity index (χ4n) is 1.92. The molecule has 0 aliphatic carbocycles. The van der Waals surface area contributed by atoms with E-state index < -0.39 is 31.1 Å². The van der Waals surface area contributed by atoms with Crippen LogP contribution in [0.3, 0.4) is 0 Å². The Bertz CT molecular complexity index is 727. The Labute approximate surface area is 150 Å². The van der Waals surface area contributed by atoms with Crippen molar-refractivity contribution in [3.63, 3.8) is 0 Å². The molecule has 0 bridgehead atoms. The van der Waals surface area contributed by atoms with E-state index in [9.17, 15) is 22.8 Å². The van der Waals surface area contributed by atoms with Crippen LogP contribution in [0, 0.1) is 0 Å². The highest BCUT2D eigenvalue weighted by atomic mass is 32.1. The number of carbonyl (C=O) groups is 2. The molecule has 0 fully saturated rings. The molecule has 0 N–H and O–H groups in total. The smallest absolute Gasteiger partial charge is 0.347 e. The standard InChI is InChI=1S/C15H16F3N3O2S2/c1-20(2)13(23)7-21(9-15(16,17)18)12(22)6-10-8-25-14(19-10)11-4-3-5-24-11/h3-5,8H,6-7,9H2,1-2H3. The first-order valence-electron chi connectivity index (χ1n) is 7.18. The molecule has 25 heavy (non-hydrogen) atoms. The van der Waals surface area contributed by atoms with Crippen LogP contribution in [-0.4, -0.2) is 60.0 Å². The number of thiazole rings is 1. The van der Waals surface area contributed by atoms with Crippen LogP contribution in [0.4, 0.5) is 13.2 Å². The van der Waals surface area contributed by atoms with Crippen LogP contribution in [0.5, 0.6) is 0 Å². The molecule has 10 heteroatoms. The summed E-state index contributed by atoms with van der Waals surface area (Å²) in [6, 6.07) is 3.74. The minimum atomic E-state index is -4.58. The molecular weight excluding hydrogens is 375 g/mol. The van der Waals surface area contributed by atoms with Crippen molar-refractivity contribution in [3.05, 3.63) is 28.6 Å². The number of carbonyl (C=O) groups excluding carboxylic acids is 2. The van der Waals surface area contributed by atoms with Gasteiger partial charge in [-0.05, 0) is 11.4 Å². The van der Waals surface area contributed by atoms with E-state index in [1.807, 2.05) is 17.5 Å². The van der Waals surface area contributed by atoms with E-state index in [-0.39, 0.29) is 6.42 Å². The van der Waals surface area contributed by atoms with Crippen molar-refractivity contribution >= 4 is 34.5 Å². The zero-order valence-electron chi connectivity index (χ0n) is 13.5. The fourth-order valence-corrected chi connectivity index (χ4v) is 3.56. The van der Waals surface area contributed by atoms with Gasteiger partial charge in [0.05, 0.1) is 17.0 Å². The molecule has 0 atom stereocenters. The Morgan fingerprint density at radius 1 is 1.20 bits per heavy atom. The van der Waals surface area contributed by atoms with Gasteiger partial charge in [-0.25, -0.2) is 4.98 Å². The number of likely N-dealkylation sites (N-methyl/N-ethyl adjacent to an activating group) is 1. The third kappa shape index (κ3) is 5.82. The highest BCUT2D eigenvalue weighted by Crippen LogP contribution is 2.28. The minimum absolute atomic E-state index is 0.279. The number of halogens is 3. The predicted molar refractivity (Wildman–Crippen MR) is 90.5 cm³/mol. The summed E-state index contributed by atoms with van der Waals surface area (Å²) >= 11 is 2.81. The van der Waals surface area contributed by atoms with E-state index in [1.165, 1.54) is 36.8 Å². The lowest BCUT2D eigenvalue weighted by atomic mass is 10.3. The summed E-state index contributed by atoms with van der Waals surface area (Å²) in [6.07, 6.45) is -4.86. The lowest BCUT2D eigenvalue weighted by molar-refractivity contribution is -0.163. The first kappa shape index (κ1) is 19.4. The Morgan fingerprint density at radius 2 is 1.92 bits per heavy atom. The molecular formula is C15H16F3N3O2S2. The average molecular weight is 391 g/mol. The second-order valence-electron chi connectivity index (χ2n) is 5.45. The van der Waals surface area contributed by atoms with Crippen LogP contribution in [0.25, 0.3) is 9.88 Å². The fraction of sp³-hybridized carbons (Fsp3) is 0.400. The number of alkyl halides is 3. The summed E-state index contributed by atoms with van der Waals surface area (Å²) < 4.78 is 38.1. The van der Waals surface area contributed by atoms with E-state index in [0.717, 1.165) is 9.78 Å². The molecule has 2 aromatic rings. The van der Waals surface area contributed by atoms with Gasteiger partial charge in [0.2, 0.25) is 11.8 Å². The van der Waals surface area contributed by atoms with Gasteiger partial charge in [0.15, 0.2) is 0 Å². The molecule has 136 valence electrons. The zero-order valence-corrected chi connectivity index (χ0v) is 15.2. The van der Waals surface area contributed by atoms with E-state index in [4.69, 9.17) is 0 Å². The number of amides is 2. The normalized spacial score (nSPS) is 11.4. The van der Waals surface area contributed by atoms with Gasteiger partial charge in [0.1, 0.15) is 18.1 Å². The predicted octanol–water partition coefficient (Wildman–Crippen LogP) is 2.89. The van der Waals surface area contributed by atoms with Gasteiger partial charge in [-0.15, -0.1) is 22.7 Å². The molecule has 0 saturated heterocycles. The molecule has 0 aromatic carbocycles. The Morgan fingerprint density at radius 3 is 2.48 bits per heavy atom. The van der Waals surface area contributed by atoms with Gasteiger partial charge in [-0.2, -0.15) is 13.2 Å². The third-order valence-electron chi connectivity index (χ3n) is 3.16. The van der Waals surface area contributed by atoms with Gasteiger partial charge in [0.25, 0.3) is 0 Å². The van der Waals surface area contributed by atoms with Gasteiger partial charge in [-0.3, -0.25) is 9.59 Å². The largest absolute Gasteiger partial charge is 0.406 e. The topological polar surface area (TPSA) is 53.5 Å². The summed E-state index contributed by atoms with van der Waals surface area (Å²) in [5.74, 6) is -1.36. The maximum atomic E-state index is 12.7. The summed E-state index contributed by atoms with van der Waals surface area (Å²) in [5.41, 5.74) is 0.392.